The van der Waals surface area contributed by atoms with E-state index < -0.39 is 0 Å². The predicted molar refractivity (Wildman–Crippen MR) is 84.2 cm³/mol. The number of hydrogen-bond acceptors (Lipinski definition) is 2. The summed E-state index contributed by atoms with van der Waals surface area (Å²) in [5.74, 6) is 1.75. The molecule has 108 valence electrons. The standard InChI is InChI=1S/C19H21NO/c1-2-13-11-15-7-9-19(15)18(13)20(19)10-8-14-12-21-17-6-4-3-5-16(14)17/h3-7,9,12-13,15,18H,2,8,10-11H2,1H3. The van der Waals surface area contributed by atoms with Crippen molar-refractivity contribution in [3.63, 3.8) is 0 Å². The fraction of sp³-hybridized carbons (Fsp3) is 0.474. The molecule has 1 aromatic heterocycles. The molecule has 5 rings (SSSR count). The summed E-state index contributed by atoms with van der Waals surface area (Å²) in [5, 5.41) is 1.29. The maximum Gasteiger partial charge on any atom is 0.134 e. The van der Waals surface area contributed by atoms with Crippen molar-refractivity contribution in [3.05, 3.63) is 48.2 Å². The van der Waals surface area contributed by atoms with E-state index in [1.807, 2.05) is 12.3 Å². The Labute approximate surface area is 125 Å². The summed E-state index contributed by atoms with van der Waals surface area (Å²) in [6.07, 6.45) is 10.7. The molecular weight excluding hydrogens is 258 g/mol. The number of furan rings is 1. The molecule has 0 N–H and O–H groups in total. The zero-order chi connectivity index (χ0) is 14.0. The Hall–Kier alpha value is -1.54. The van der Waals surface area contributed by atoms with Crippen LogP contribution in [0.2, 0.25) is 0 Å². The summed E-state index contributed by atoms with van der Waals surface area (Å²) in [4.78, 5) is 2.75. The lowest BCUT2D eigenvalue weighted by molar-refractivity contribution is 0.282. The smallest absolute Gasteiger partial charge is 0.134 e. The Morgan fingerprint density at radius 1 is 1.33 bits per heavy atom. The molecule has 0 bridgehead atoms. The van der Waals surface area contributed by atoms with Gasteiger partial charge in [0.05, 0.1) is 11.8 Å². The number of nitrogens with zero attached hydrogens (tertiary/aromatic N) is 1. The van der Waals surface area contributed by atoms with E-state index in [1.54, 1.807) is 0 Å². The zero-order valence-electron chi connectivity index (χ0n) is 12.5. The van der Waals surface area contributed by atoms with Gasteiger partial charge in [0.15, 0.2) is 0 Å². The second kappa shape index (κ2) is 4.01. The highest BCUT2D eigenvalue weighted by Gasteiger charge is 2.73. The van der Waals surface area contributed by atoms with Crippen LogP contribution in [0.5, 0.6) is 0 Å². The maximum atomic E-state index is 5.67. The SMILES string of the molecule is CCC1CC2C=CC23C1N3CCc1coc2ccccc12. The predicted octanol–water partition coefficient (Wildman–Crippen LogP) is 4.01. The summed E-state index contributed by atoms with van der Waals surface area (Å²) in [5.41, 5.74) is 2.85. The van der Waals surface area contributed by atoms with Crippen LogP contribution in [0, 0.1) is 11.8 Å². The molecule has 1 saturated carbocycles. The van der Waals surface area contributed by atoms with Crippen molar-refractivity contribution in [2.24, 2.45) is 11.8 Å². The van der Waals surface area contributed by atoms with E-state index >= 15 is 0 Å². The third-order valence-corrected chi connectivity index (χ3v) is 6.14. The molecule has 5 unspecified atom stereocenters. The first-order chi connectivity index (χ1) is 10.3. The molecule has 0 radical (unpaired) electrons. The van der Waals surface area contributed by atoms with Gasteiger partial charge in [0.1, 0.15) is 5.58 Å². The molecule has 1 aliphatic heterocycles. The molecule has 3 aliphatic rings. The second-order valence-corrected chi connectivity index (χ2v) is 6.90. The summed E-state index contributed by atoms with van der Waals surface area (Å²) in [6.45, 7) is 3.52. The van der Waals surface area contributed by atoms with Crippen LogP contribution in [0.4, 0.5) is 0 Å². The topological polar surface area (TPSA) is 16.1 Å². The number of rotatable bonds is 4. The molecule has 5 atom stereocenters. The van der Waals surface area contributed by atoms with Gasteiger partial charge in [-0.1, -0.05) is 43.7 Å². The molecule has 2 fully saturated rings. The molecule has 1 aromatic carbocycles. The number of fused-ring (bicyclic) bond motifs is 1. The second-order valence-electron chi connectivity index (χ2n) is 6.90. The Balaban J connectivity index is 1.35. The first-order valence-corrected chi connectivity index (χ1v) is 8.26. The van der Waals surface area contributed by atoms with Gasteiger partial charge in [-0.25, -0.2) is 0 Å². The van der Waals surface area contributed by atoms with Crippen molar-refractivity contribution in [1.82, 2.24) is 4.90 Å². The average Bonchev–Trinajstić information content (AvgIpc) is 2.92. The largest absolute Gasteiger partial charge is 0.464 e. The Morgan fingerprint density at radius 2 is 2.24 bits per heavy atom. The number of likely N-dealkylation sites (tertiary alicyclic amines) is 1. The molecule has 21 heavy (non-hydrogen) atoms. The molecule has 2 nitrogen and oxygen atoms in total. The third-order valence-electron chi connectivity index (χ3n) is 6.14. The lowest BCUT2D eigenvalue weighted by Gasteiger charge is -2.29. The van der Waals surface area contributed by atoms with E-state index in [4.69, 9.17) is 4.42 Å². The molecular formula is C19H21NO. The molecule has 2 aromatic rings. The summed E-state index contributed by atoms with van der Waals surface area (Å²) < 4.78 is 5.67. The lowest BCUT2D eigenvalue weighted by atomic mass is 9.83. The maximum absolute atomic E-state index is 5.67. The Kier molecular flexibility index (Phi) is 2.30. The minimum Gasteiger partial charge on any atom is -0.464 e. The van der Waals surface area contributed by atoms with Gasteiger partial charge in [0.2, 0.25) is 0 Å². The van der Waals surface area contributed by atoms with Gasteiger partial charge in [0.25, 0.3) is 0 Å². The molecule has 2 heteroatoms. The van der Waals surface area contributed by atoms with E-state index in [0.717, 1.165) is 29.9 Å². The van der Waals surface area contributed by atoms with Crippen LogP contribution < -0.4 is 0 Å². The highest BCUT2D eigenvalue weighted by Crippen LogP contribution is 2.65. The van der Waals surface area contributed by atoms with E-state index in [0.29, 0.717) is 5.54 Å². The van der Waals surface area contributed by atoms with Gasteiger partial charge < -0.3 is 4.42 Å². The van der Waals surface area contributed by atoms with Crippen molar-refractivity contribution < 1.29 is 4.42 Å². The van der Waals surface area contributed by atoms with E-state index in [9.17, 15) is 0 Å². The van der Waals surface area contributed by atoms with Crippen molar-refractivity contribution >= 4 is 11.0 Å². The fourth-order valence-electron chi connectivity index (χ4n) is 5.00. The van der Waals surface area contributed by atoms with Crippen molar-refractivity contribution in [3.8, 4) is 0 Å². The summed E-state index contributed by atoms with van der Waals surface area (Å²) in [7, 11) is 0. The van der Waals surface area contributed by atoms with Gasteiger partial charge in [-0.05, 0) is 30.4 Å². The molecule has 2 aliphatic carbocycles. The van der Waals surface area contributed by atoms with Crippen LogP contribution in [-0.4, -0.2) is 23.0 Å². The summed E-state index contributed by atoms with van der Waals surface area (Å²) >= 11 is 0. The number of para-hydroxylation sites is 1. The Bertz CT molecular complexity index is 730. The highest BCUT2D eigenvalue weighted by molar-refractivity contribution is 5.80. The van der Waals surface area contributed by atoms with Gasteiger partial charge in [-0.3, -0.25) is 4.90 Å². The van der Waals surface area contributed by atoms with E-state index in [-0.39, 0.29) is 0 Å². The average molecular weight is 279 g/mol. The summed E-state index contributed by atoms with van der Waals surface area (Å²) in [6, 6.07) is 9.21. The zero-order valence-corrected chi connectivity index (χ0v) is 12.5. The van der Waals surface area contributed by atoms with Gasteiger partial charge in [-0.15, -0.1) is 0 Å². The van der Waals surface area contributed by atoms with Crippen molar-refractivity contribution in [2.75, 3.05) is 6.54 Å². The van der Waals surface area contributed by atoms with E-state index in [2.05, 4.69) is 42.2 Å². The van der Waals surface area contributed by atoms with Crippen molar-refractivity contribution in [1.29, 1.82) is 0 Å². The van der Waals surface area contributed by atoms with Gasteiger partial charge in [0, 0.05) is 23.9 Å². The Morgan fingerprint density at radius 3 is 3.05 bits per heavy atom. The monoisotopic (exact) mass is 279 g/mol. The van der Waals surface area contributed by atoms with Crippen LogP contribution in [-0.2, 0) is 6.42 Å². The first-order valence-electron chi connectivity index (χ1n) is 8.26. The third kappa shape index (κ3) is 1.41. The molecule has 0 amide bonds. The molecule has 2 heterocycles. The van der Waals surface area contributed by atoms with Crippen LogP contribution >= 0.6 is 0 Å². The normalized spacial score (nSPS) is 39.1. The van der Waals surface area contributed by atoms with Gasteiger partial charge in [-0.2, -0.15) is 0 Å². The number of benzene rings is 1. The molecule has 1 spiro atoms. The first kappa shape index (κ1) is 12.0. The number of hydrogen-bond donors (Lipinski definition) is 0. The minimum atomic E-state index is 0.472. The highest BCUT2D eigenvalue weighted by atomic mass is 16.3. The van der Waals surface area contributed by atoms with Crippen LogP contribution in [0.15, 0.2) is 47.1 Å². The fourth-order valence-corrected chi connectivity index (χ4v) is 5.00. The molecule has 1 saturated heterocycles. The van der Waals surface area contributed by atoms with Crippen LogP contribution in [0.3, 0.4) is 0 Å². The van der Waals surface area contributed by atoms with Crippen LogP contribution in [0.25, 0.3) is 11.0 Å². The lowest BCUT2D eigenvalue weighted by Crippen LogP contribution is -2.32. The number of piperidine rings is 1. The van der Waals surface area contributed by atoms with Crippen molar-refractivity contribution in [2.45, 2.75) is 37.8 Å². The quantitative estimate of drug-likeness (QED) is 0.621. The van der Waals surface area contributed by atoms with Gasteiger partial charge >= 0.3 is 0 Å². The van der Waals surface area contributed by atoms with Crippen LogP contribution in [0.1, 0.15) is 25.3 Å². The van der Waals surface area contributed by atoms with E-state index in [1.165, 1.54) is 30.3 Å². The minimum absolute atomic E-state index is 0.472.